The average Bonchev–Trinajstić information content (AvgIpc) is 3.28. The molecule has 3 unspecified atom stereocenters. The quantitative estimate of drug-likeness (QED) is 0.347. The van der Waals surface area contributed by atoms with E-state index in [-0.39, 0.29) is 16.1 Å². The minimum absolute atomic E-state index is 0.140. The van der Waals surface area contributed by atoms with Gasteiger partial charge in [-0.2, -0.15) is 26.3 Å². The van der Waals surface area contributed by atoms with Crippen molar-refractivity contribution in [1.82, 2.24) is 5.32 Å². The van der Waals surface area contributed by atoms with Gasteiger partial charge in [0.15, 0.2) is 0 Å². The van der Waals surface area contributed by atoms with E-state index in [1.807, 2.05) is 26.1 Å². The lowest BCUT2D eigenvalue weighted by molar-refractivity contribution is -0.928. The molecule has 0 aliphatic carbocycles. The molecule has 0 aromatic heterocycles. The molecular weight excluding hydrogens is 470 g/mol. The molecule has 1 saturated heterocycles. The number of alkyl halides is 6. The molecule has 2 heterocycles. The minimum Gasteiger partial charge on any atom is -0.388 e. The Balaban J connectivity index is 1.99. The number of allylic oxidation sites excluding steroid dienone is 3. The van der Waals surface area contributed by atoms with Crippen LogP contribution < -0.4 is 5.32 Å². The van der Waals surface area contributed by atoms with Crippen molar-refractivity contribution in [2.24, 2.45) is 5.92 Å². The van der Waals surface area contributed by atoms with Crippen LogP contribution in [-0.4, -0.2) is 44.4 Å². The molecule has 9 heteroatoms. The number of quaternary nitrogens is 1. The van der Waals surface area contributed by atoms with Gasteiger partial charge < -0.3 is 14.5 Å². The first-order chi connectivity index (χ1) is 16.3. The van der Waals surface area contributed by atoms with Crippen molar-refractivity contribution < 1.29 is 35.6 Å². The summed E-state index contributed by atoms with van der Waals surface area (Å²) in [5.41, 5.74) is -1.10. The summed E-state index contributed by atoms with van der Waals surface area (Å²) in [5.74, 6) is 0.425. The van der Waals surface area contributed by atoms with Crippen LogP contribution in [0.15, 0.2) is 53.8 Å². The Hall–Kier alpha value is -2.26. The van der Waals surface area contributed by atoms with Crippen LogP contribution in [0.2, 0.25) is 0 Å². The largest absolute Gasteiger partial charge is 0.416 e. The Morgan fingerprint density at radius 2 is 1.91 bits per heavy atom. The molecule has 1 fully saturated rings. The first-order valence-corrected chi connectivity index (χ1v) is 11.8. The second kappa shape index (κ2) is 10.8. The van der Waals surface area contributed by atoms with Gasteiger partial charge in [0.25, 0.3) is 0 Å². The summed E-state index contributed by atoms with van der Waals surface area (Å²) in [4.78, 5) is 0. The first kappa shape index (κ1) is 27.3. The average molecular weight is 504 g/mol. The summed E-state index contributed by atoms with van der Waals surface area (Å²) in [6.07, 6.45) is -0.666. The fourth-order valence-corrected chi connectivity index (χ4v) is 4.86. The van der Waals surface area contributed by atoms with E-state index in [9.17, 15) is 26.3 Å². The molecule has 0 saturated carbocycles. The molecule has 3 atom stereocenters. The number of hydrogen-bond donors (Lipinski definition) is 1. The van der Waals surface area contributed by atoms with Crippen LogP contribution in [0.4, 0.5) is 26.3 Å². The fourth-order valence-electron chi connectivity index (χ4n) is 4.86. The summed E-state index contributed by atoms with van der Waals surface area (Å²) in [7, 11) is 1.87. The van der Waals surface area contributed by atoms with Crippen LogP contribution >= 0.6 is 0 Å². The number of benzene rings is 1. The summed E-state index contributed by atoms with van der Waals surface area (Å²) in [6.45, 7) is 6.83. The molecule has 2 aliphatic rings. The van der Waals surface area contributed by atoms with Crippen molar-refractivity contribution >= 4 is 0 Å². The highest BCUT2D eigenvalue weighted by Gasteiger charge is 2.44. The van der Waals surface area contributed by atoms with Gasteiger partial charge in [-0.25, -0.2) is 0 Å². The highest BCUT2D eigenvalue weighted by molar-refractivity contribution is 5.40. The van der Waals surface area contributed by atoms with Gasteiger partial charge in [0.05, 0.1) is 37.9 Å². The maximum atomic E-state index is 14.1. The third-order valence-electron chi connectivity index (χ3n) is 6.85. The van der Waals surface area contributed by atoms with Gasteiger partial charge in [0.2, 0.25) is 0 Å². The number of likely N-dealkylation sites (N-methyl/N-ethyl adjacent to an activating group) is 1. The standard InChI is InChI=1S/C26H33F6N2O/c1-18-7-5-4-6-12-34(3,13-10-19(2)33-16-20-11-14-35-17-20)24(18)22-9-8-21(25(27,28)29)15-23(22)26(30,31)32/h4-5,7-10,15,20,24,33H,6,11-14,16-17H2,1-3H3/q+1/b5-4-,18-7+,19-10+. The molecule has 3 rings (SSSR count). The van der Waals surface area contributed by atoms with Crippen molar-refractivity contribution in [3.8, 4) is 0 Å². The van der Waals surface area contributed by atoms with E-state index in [1.54, 1.807) is 19.1 Å². The predicted molar refractivity (Wildman–Crippen MR) is 123 cm³/mol. The zero-order valence-corrected chi connectivity index (χ0v) is 20.3. The van der Waals surface area contributed by atoms with E-state index < -0.39 is 29.5 Å². The monoisotopic (exact) mass is 503 g/mol. The lowest BCUT2D eigenvalue weighted by Crippen LogP contribution is -2.49. The minimum atomic E-state index is -4.92. The molecule has 1 N–H and O–H groups in total. The lowest BCUT2D eigenvalue weighted by atomic mass is 9.89. The van der Waals surface area contributed by atoms with Gasteiger partial charge >= 0.3 is 12.4 Å². The summed E-state index contributed by atoms with van der Waals surface area (Å²) >= 11 is 0. The Labute approximate surface area is 202 Å². The van der Waals surface area contributed by atoms with Crippen LogP contribution in [0.25, 0.3) is 0 Å². The SMILES string of the molecule is C/C(=C\C[N+]1(C)CC/C=C\C=C(/C)C1c1ccc(C(F)(F)F)cc1C(F)(F)F)NCC1CCOC1. The van der Waals surface area contributed by atoms with Crippen molar-refractivity contribution in [3.63, 3.8) is 0 Å². The zero-order chi connectivity index (χ0) is 25.9. The van der Waals surface area contributed by atoms with E-state index >= 15 is 0 Å². The van der Waals surface area contributed by atoms with E-state index in [2.05, 4.69) is 5.32 Å². The van der Waals surface area contributed by atoms with Crippen molar-refractivity contribution in [2.45, 2.75) is 45.1 Å². The van der Waals surface area contributed by atoms with E-state index in [1.165, 1.54) is 0 Å². The maximum absolute atomic E-state index is 14.1. The van der Waals surface area contributed by atoms with Crippen LogP contribution in [-0.2, 0) is 17.1 Å². The number of rotatable bonds is 6. The third-order valence-corrected chi connectivity index (χ3v) is 6.85. The zero-order valence-electron chi connectivity index (χ0n) is 20.3. The van der Waals surface area contributed by atoms with Gasteiger partial charge in [0.1, 0.15) is 6.04 Å². The van der Waals surface area contributed by atoms with Crippen molar-refractivity contribution in [1.29, 1.82) is 0 Å². The number of halogens is 6. The van der Waals surface area contributed by atoms with Crippen LogP contribution in [0.3, 0.4) is 0 Å². The topological polar surface area (TPSA) is 21.3 Å². The Morgan fingerprint density at radius 1 is 1.17 bits per heavy atom. The van der Waals surface area contributed by atoms with E-state index in [0.29, 0.717) is 37.6 Å². The predicted octanol–water partition coefficient (Wildman–Crippen LogP) is 6.65. The molecule has 194 valence electrons. The number of hydrogen-bond acceptors (Lipinski definition) is 2. The van der Waals surface area contributed by atoms with Crippen LogP contribution in [0.5, 0.6) is 0 Å². The third kappa shape index (κ3) is 6.91. The number of ether oxygens (including phenoxy) is 1. The van der Waals surface area contributed by atoms with Gasteiger partial charge in [-0.15, -0.1) is 0 Å². The molecule has 1 aromatic rings. The smallest absolute Gasteiger partial charge is 0.388 e. The highest BCUT2D eigenvalue weighted by atomic mass is 19.4. The second-order valence-corrected chi connectivity index (χ2v) is 9.71. The fraction of sp³-hybridized carbons (Fsp3) is 0.538. The van der Waals surface area contributed by atoms with Crippen LogP contribution in [0, 0.1) is 5.92 Å². The van der Waals surface area contributed by atoms with Crippen LogP contribution in [0.1, 0.15) is 49.4 Å². The molecule has 0 bridgehead atoms. The van der Waals surface area contributed by atoms with Crippen molar-refractivity contribution in [3.05, 3.63) is 70.5 Å². The number of nitrogens with one attached hydrogen (secondary N) is 1. The van der Waals surface area contributed by atoms with Gasteiger partial charge in [-0.3, -0.25) is 0 Å². The Bertz CT molecular complexity index is 973. The second-order valence-electron chi connectivity index (χ2n) is 9.71. The maximum Gasteiger partial charge on any atom is 0.416 e. The molecule has 0 spiro atoms. The molecule has 3 nitrogen and oxygen atoms in total. The molecule has 0 radical (unpaired) electrons. The van der Waals surface area contributed by atoms with Crippen molar-refractivity contribution in [2.75, 3.05) is 39.9 Å². The Morgan fingerprint density at radius 3 is 2.54 bits per heavy atom. The molecule has 2 aliphatic heterocycles. The molecule has 1 aromatic carbocycles. The Kier molecular flexibility index (Phi) is 8.42. The molecule has 0 amide bonds. The van der Waals surface area contributed by atoms with Gasteiger partial charge in [-0.05, 0) is 44.1 Å². The number of nitrogens with zero attached hydrogens (tertiary/aromatic N) is 1. The highest BCUT2D eigenvalue weighted by Crippen LogP contribution is 2.44. The van der Waals surface area contributed by atoms with E-state index in [0.717, 1.165) is 37.4 Å². The molecular formula is C26H33F6N2O+. The van der Waals surface area contributed by atoms with E-state index in [4.69, 9.17) is 4.74 Å². The summed E-state index contributed by atoms with van der Waals surface area (Å²) in [5, 5.41) is 3.37. The normalized spacial score (nSPS) is 28.7. The summed E-state index contributed by atoms with van der Waals surface area (Å²) < 4.78 is 87.5. The summed E-state index contributed by atoms with van der Waals surface area (Å²) in [6, 6.07) is 1.24. The van der Waals surface area contributed by atoms with Gasteiger partial charge in [0, 0.05) is 36.8 Å². The first-order valence-electron chi connectivity index (χ1n) is 11.8. The lowest BCUT2D eigenvalue weighted by Gasteiger charge is -2.43. The van der Waals surface area contributed by atoms with Gasteiger partial charge in [-0.1, -0.05) is 24.3 Å². The molecule has 35 heavy (non-hydrogen) atoms.